The third kappa shape index (κ3) is 3.75. The van der Waals surface area contributed by atoms with Crippen LogP contribution in [0.2, 0.25) is 0 Å². The molecule has 3 aromatic heterocycles. The first kappa shape index (κ1) is 20.9. The van der Waals surface area contributed by atoms with Gasteiger partial charge in [-0.05, 0) is 56.7 Å². The number of aryl methyl sites for hydroxylation is 1. The second-order valence-electron chi connectivity index (χ2n) is 8.82. The minimum absolute atomic E-state index is 0.0423. The molecule has 0 spiro atoms. The third-order valence-electron chi connectivity index (χ3n) is 6.02. The van der Waals surface area contributed by atoms with Crippen LogP contribution < -0.4 is 10.2 Å². The molecule has 0 atom stereocenters. The second kappa shape index (κ2) is 7.85. The molecule has 4 heterocycles. The number of fused-ring (bicyclic) bond motifs is 2. The number of furan rings is 1. The zero-order chi connectivity index (χ0) is 23.2. The van der Waals surface area contributed by atoms with E-state index in [4.69, 9.17) is 4.42 Å². The monoisotopic (exact) mass is 440 g/mol. The minimum atomic E-state index is -0.715. The molecule has 0 fully saturated rings. The van der Waals surface area contributed by atoms with Crippen molar-refractivity contribution in [3.05, 3.63) is 89.1 Å². The lowest BCUT2D eigenvalue weighted by Gasteiger charge is -2.20. The number of nitrogens with zero attached hydrogens (tertiary/aromatic N) is 3. The van der Waals surface area contributed by atoms with Gasteiger partial charge in [0.1, 0.15) is 22.9 Å². The Bertz CT molecular complexity index is 1360. The molecular formula is C26H24N4O3. The number of anilines is 1. The molecule has 4 aromatic rings. The van der Waals surface area contributed by atoms with Crippen LogP contribution in [-0.4, -0.2) is 21.8 Å². The van der Waals surface area contributed by atoms with E-state index < -0.39 is 5.41 Å². The number of aromatic nitrogens is 2. The van der Waals surface area contributed by atoms with Crippen molar-refractivity contribution >= 4 is 28.6 Å². The van der Waals surface area contributed by atoms with Gasteiger partial charge in [0.15, 0.2) is 0 Å². The number of carbonyl (C=O) groups is 2. The lowest BCUT2D eigenvalue weighted by molar-refractivity contribution is -0.122. The van der Waals surface area contributed by atoms with Crippen LogP contribution in [0.15, 0.2) is 65.2 Å². The van der Waals surface area contributed by atoms with E-state index in [1.54, 1.807) is 17.2 Å². The molecule has 0 saturated heterocycles. The summed E-state index contributed by atoms with van der Waals surface area (Å²) in [5.41, 5.74) is 2.97. The molecule has 1 aliphatic heterocycles. The molecular weight excluding hydrogens is 416 g/mol. The Morgan fingerprint density at radius 1 is 1.12 bits per heavy atom. The molecule has 7 heteroatoms. The Morgan fingerprint density at radius 2 is 1.94 bits per heavy atom. The predicted octanol–water partition coefficient (Wildman–Crippen LogP) is 4.29. The Hall–Kier alpha value is -4.00. The Kier molecular flexibility index (Phi) is 4.96. The highest BCUT2D eigenvalue weighted by Gasteiger charge is 2.45. The van der Waals surface area contributed by atoms with Crippen molar-refractivity contribution in [2.75, 3.05) is 4.90 Å². The van der Waals surface area contributed by atoms with Gasteiger partial charge >= 0.3 is 0 Å². The average molecular weight is 441 g/mol. The van der Waals surface area contributed by atoms with Crippen LogP contribution in [0.3, 0.4) is 0 Å². The maximum absolute atomic E-state index is 13.2. The summed E-state index contributed by atoms with van der Waals surface area (Å²) in [4.78, 5) is 36.5. The summed E-state index contributed by atoms with van der Waals surface area (Å²) < 4.78 is 5.77. The largest absolute Gasteiger partial charge is 0.459 e. The number of pyridine rings is 2. The number of benzene rings is 1. The van der Waals surface area contributed by atoms with Crippen LogP contribution in [0.4, 0.5) is 5.82 Å². The fourth-order valence-electron chi connectivity index (χ4n) is 4.23. The zero-order valence-corrected chi connectivity index (χ0v) is 18.8. The highest BCUT2D eigenvalue weighted by Crippen LogP contribution is 2.41. The highest BCUT2D eigenvalue weighted by atomic mass is 16.3. The number of rotatable bonds is 5. The smallest absolute Gasteiger partial charge is 0.270 e. The van der Waals surface area contributed by atoms with Gasteiger partial charge in [0.05, 0.1) is 18.5 Å². The maximum Gasteiger partial charge on any atom is 0.270 e. The van der Waals surface area contributed by atoms with Gasteiger partial charge in [-0.3, -0.25) is 19.5 Å². The number of hydrogen-bond donors (Lipinski definition) is 1. The molecule has 7 nitrogen and oxygen atoms in total. The summed E-state index contributed by atoms with van der Waals surface area (Å²) in [6, 6.07) is 16.9. The van der Waals surface area contributed by atoms with Crippen molar-refractivity contribution < 1.29 is 14.0 Å². The van der Waals surface area contributed by atoms with Crippen molar-refractivity contribution in [2.24, 2.45) is 0 Å². The van der Waals surface area contributed by atoms with Gasteiger partial charge in [-0.15, -0.1) is 0 Å². The van der Waals surface area contributed by atoms with E-state index in [1.165, 1.54) is 0 Å². The molecule has 0 unspecified atom stereocenters. The first-order chi connectivity index (χ1) is 15.8. The predicted molar refractivity (Wildman–Crippen MR) is 125 cm³/mol. The summed E-state index contributed by atoms with van der Waals surface area (Å²) >= 11 is 0. The molecule has 5 rings (SSSR count). The standard InChI is InChI=1S/C26H24N4O3/c1-16-12-17(10-11-27-16)15-30-23-20(26(2,3)25(30)32)8-9-21(29-23)24(31)28-14-19-13-18-6-4-5-7-22(18)33-19/h4-13H,14-15H2,1-3H3,(H,28,31). The van der Waals surface area contributed by atoms with Crippen molar-refractivity contribution in [1.29, 1.82) is 0 Å². The fraction of sp³-hybridized carbons (Fsp3) is 0.231. The second-order valence-corrected chi connectivity index (χ2v) is 8.82. The van der Waals surface area contributed by atoms with E-state index in [2.05, 4.69) is 15.3 Å². The Balaban J connectivity index is 1.39. The molecule has 33 heavy (non-hydrogen) atoms. The van der Waals surface area contributed by atoms with Crippen molar-refractivity contribution in [2.45, 2.75) is 39.3 Å². The molecule has 2 amide bonds. The van der Waals surface area contributed by atoms with Gasteiger partial charge < -0.3 is 9.73 Å². The average Bonchev–Trinajstić information content (AvgIpc) is 3.30. The van der Waals surface area contributed by atoms with E-state index in [1.807, 2.05) is 69.3 Å². The third-order valence-corrected chi connectivity index (χ3v) is 6.02. The first-order valence-corrected chi connectivity index (χ1v) is 10.8. The topological polar surface area (TPSA) is 88.3 Å². The van der Waals surface area contributed by atoms with Crippen LogP contribution in [-0.2, 0) is 23.3 Å². The molecule has 0 aliphatic carbocycles. The minimum Gasteiger partial charge on any atom is -0.459 e. The van der Waals surface area contributed by atoms with Crippen molar-refractivity contribution in [3.8, 4) is 0 Å². The molecule has 0 bridgehead atoms. The summed E-state index contributed by atoms with van der Waals surface area (Å²) in [5, 5.41) is 3.85. The van der Waals surface area contributed by atoms with Crippen LogP contribution >= 0.6 is 0 Å². The van der Waals surface area contributed by atoms with Gasteiger partial charge in [-0.2, -0.15) is 0 Å². The molecule has 0 radical (unpaired) electrons. The van der Waals surface area contributed by atoms with Crippen LogP contribution in [0.1, 0.15) is 46.9 Å². The van der Waals surface area contributed by atoms with Gasteiger partial charge in [0.2, 0.25) is 5.91 Å². The molecule has 1 N–H and O–H groups in total. The van der Waals surface area contributed by atoms with E-state index >= 15 is 0 Å². The zero-order valence-electron chi connectivity index (χ0n) is 18.8. The summed E-state index contributed by atoms with van der Waals surface area (Å²) in [7, 11) is 0. The molecule has 0 saturated carbocycles. The van der Waals surface area contributed by atoms with Gasteiger partial charge in [-0.25, -0.2) is 4.98 Å². The molecule has 1 aromatic carbocycles. The maximum atomic E-state index is 13.2. The Morgan fingerprint density at radius 3 is 2.73 bits per heavy atom. The first-order valence-electron chi connectivity index (χ1n) is 10.8. The fourth-order valence-corrected chi connectivity index (χ4v) is 4.23. The van der Waals surface area contributed by atoms with E-state index in [-0.39, 0.29) is 24.1 Å². The highest BCUT2D eigenvalue weighted by molar-refractivity contribution is 6.07. The quantitative estimate of drug-likeness (QED) is 0.500. The van der Waals surface area contributed by atoms with E-state index in [0.717, 1.165) is 27.8 Å². The van der Waals surface area contributed by atoms with Crippen molar-refractivity contribution in [3.63, 3.8) is 0 Å². The summed E-state index contributed by atoms with van der Waals surface area (Å²) in [6.45, 7) is 6.30. The van der Waals surface area contributed by atoms with Crippen LogP contribution in [0, 0.1) is 6.92 Å². The van der Waals surface area contributed by atoms with Crippen molar-refractivity contribution in [1.82, 2.24) is 15.3 Å². The summed E-state index contributed by atoms with van der Waals surface area (Å²) in [6.07, 6.45) is 1.73. The molecule has 1 aliphatic rings. The normalized spacial score (nSPS) is 14.5. The number of carbonyl (C=O) groups excluding carboxylic acids is 2. The number of hydrogen-bond acceptors (Lipinski definition) is 5. The van der Waals surface area contributed by atoms with E-state index in [0.29, 0.717) is 18.1 Å². The lowest BCUT2D eigenvalue weighted by Crippen LogP contribution is -2.36. The Labute approximate surface area is 191 Å². The molecule has 166 valence electrons. The number of amides is 2. The number of para-hydroxylation sites is 1. The van der Waals surface area contributed by atoms with Gasteiger partial charge in [0, 0.05) is 22.8 Å². The van der Waals surface area contributed by atoms with Gasteiger partial charge in [-0.1, -0.05) is 24.3 Å². The van der Waals surface area contributed by atoms with E-state index in [9.17, 15) is 9.59 Å². The summed E-state index contributed by atoms with van der Waals surface area (Å²) in [5.74, 6) is 0.821. The van der Waals surface area contributed by atoms with Crippen LogP contribution in [0.25, 0.3) is 11.0 Å². The SMILES string of the molecule is Cc1cc(CN2C(=O)C(C)(C)c3ccc(C(=O)NCc4cc5ccccc5o4)nc32)ccn1. The number of nitrogens with one attached hydrogen (secondary N) is 1. The van der Waals surface area contributed by atoms with Crippen LogP contribution in [0.5, 0.6) is 0 Å². The van der Waals surface area contributed by atoms with Gasteiger partial charge in [0.25, 0.3) is 5.91 Å². The lowest BCUT2D eigenvalue weighted by atomic mass is 9.87.